The van der Waals surface area contributed by atoms with E-state index in [1.54, 1.807) is 18.3 Å². The summed E-state index contributed by atoms with van der Waals surface area (Å²) >= 11 is 0. The molecule has 0 saturated carbocycles. The molecule has 1 atom stereocenters. The fraction of sp³-hybridized carbons (Fsp3) is 0.417. The Morgan fingerprint density at radius 2 is 2.29 bits per heavy atom. The Kier molecular flexibility index (Phi) is 3.08. The van der Waals surface area contributed by atoms with Crippen molar-refractivity contribution in [2.75, 3.05) is 6.54 Å². The van der Waals surface area contributed by atoms with Crippen LogP contribution in [0, 0.1) is 6.92 Å². The van der Waals surface area contributed by atoms with E-state index in [-0.39, 0.29) is 5.91 Å². The van der Waals surface area contributed by atoms with Crippen molar-refractivity contribution in [2.24, 2.45) is 0 Å². The average Bonchev–Trinajstić information content (AvgIpc) is 2.77. The molecule has 1 saturated heterocycles. The lowest BCUT2D eigenvalue weighted by atomic mass is 10.2. The second kappa shape index (κ2) is 4.53. The highest BCUT2D eigenvalue weighted by atomic mass is 16.4. The number of amides is 1. The summed E-state index contributed by atoms with van der Waals surface area (Å²) in [6, 6.07) is 2.78. The molecule has 1 aliphatic rings. The summed E-state index contributed by atoms with van der Waals surface area (Å²) in [7, 11) is 0. The number of hydrogen-bond donors (Lipinski definition) is 1. The van der Waals surface area contributed by atoms with Gasteiger partial charge in [0, 0.05) is 12.7 Å². The molecule has 1 fully saturated rings. The molecule has 17 heavy (non-hydrogen) atoms. The third kappa shape index (κ3) is 2.27. The largest absolute Gasteiger partial charge is 0.480 e. The smallest absolute Gasteiger partial charge is 0.326 e. The first kappa shape index (κ1) is 11.6. The van der Waals surface area contributed by atoms with E-state index in [9.17, 15) is 9.59 Å². The van der Waals surface area contributed by atoms with E-state index in [0.717, 1.165) is 12.0 Å². The van der Waals surface area contributed by atoms with Crippen molar-refractivity contribution in [1.82, 2.24) is 9.88 Å². The van der Waals surface area contributed by atoms with Crippen LogP contribution in [-0.2, 0) is 4.79 Å². The van der Waals surface area contributed by atoms with Gasteiger partial charge in [0.25, 0.3) is 5.91 Å². The number of nitrogens with zero attached hydrogens (tertiary/aromatic N) is 2. The maximum absolute atomic E-state index is 12.1. The topological polar surface area (TPSA) is 70.5 Å². The first-order valence-electron chi connectivity index (χ1n) is 5.56. The summed E-state index contributed by atoms with van der Waals surface area (Å²) < 4.78 is 0. The van der Waals surface area contributed by atoms with E-state index >= 15 is 0 Å². The van der Waals surface area contributed by atoms with Gasteiger partial charge in [-0.2, -0.15) is 0 Å². The van der Waals surface area contributed by atoms with E-state index in [1.165, 1.54) is 4.90 Å². The van der Waals surface area contributed by atoms with Crippen LogP contribution in [0.2, 0.25) is 0 Å². The summed E-state index contributed by atoms with van der Waals surface area (Å²) in [4.78, 5) is 28.5. The van der Waals surface area contributed by atoms with Gasteiger partial charge in [-0.15, -0.1) is 0 Å². The molecule has 0 unspecified atom stereocenters. The number of aliphatic carboxylic acids is 1. The van der Waals surface area contributed by atoms with Crippen LogP contribution in [0.4, 0.5) is 0 Å². The minimum absolute atomic E-state index is 0.293. The fourth-order valence-electron chi connectivity index (χ4n) is 2.07. The summed E-state index contributed by atoms with van der Waals surface area (Å²) in [5, 5.41) is 9.02. The molecule has 2 heterocycles. The van der Waals surface area contributed by atoms with Gasteiger partial charge in [0.15, 0.2) is 0 Å². The molecule has 1 aromatic heterocycles. The Labute approximate surface area is 99.1 Å². The first-order chi connectivity index (χ1) is 8.09. The Bertz CT molecular complexity index is 459. The highest BCUT2D eigenvalue weighted by molar-refractivity contribution is 5.95. The first-order valence-corrected chi connectivity index (χ1v) is 5.56. The summed E-state index contributed by atoms with van der Waals surface area (Å²) in [6.07, 6.45) is 2.82. The van der Waals surface area contributed by atoms with Crippen molar-refractivity contribution in [1.29, 1.82) is 0 Å². The number of likely N-dealkylation sites (tertiary alicyclic amines) is 1. The predicted molar refractivity (Wildman–Crippen MR) is 60.7 cm³/mol. The maximum atomic E-state index is 12.1. The molecule has 1 N–H and O–H groups in total. The third-order valence-corrected chi connectivity index (χ3v) is 2.93. The van der Waals surface area contributed by atoms with Crippen molar-refractivity contribution in [3.05, 3.63) is 29.6 Å². The molecule has 0 radical (unpaired) electrons. The Hall–Kier alpha value is -1.91. The van der Waals surface area contributed by atoms with Gasteiger partial charge in [0.2, 0.25) is 0 Å². The lowest BCUT2D eigenvalue weighted by molar-refractivity contribution is -0.141. The van der Waals surface area contributed by atoms with Crippen LogP contribution in [0.15, 0.2) is 18.3 Å². The molecule has 90 valence electrons. The molecule has 0 spiro atoms. The SMILES string of the molecule is Cc1ccnc(C(=O)N2CCC[C@H]2C(=O)O)c1. The molecule has 2 rings (SSSR count). The molecule has 0 bridgehead atoms. The Balaban J connectivity index is 2.23. The third-order valence-electron chi connectivity index (χ3n) is 2.93. The zero-order chi connectivity index (χ0) is 12.4. The monoisotopic (exact) mass is 234 g/mol. The lowest BCUT2D eigenvalue weighted by Gasteiger charge is -2.20. The van der Waals surface area contributed by atoms with Gasteiger partial charge in [-0.05, 0) is 37.5 Å². The van der Waals surface area contributed by atoms with Crippen molar-refractivity contribution < 1.29 is 14.7 Å². The second-order valence-electron chi connectivity index (χ2n) is 4.21. The van der Waals surface area contributed by atoms with Crippen LogP contribution in [0.1, 0.15) is 28.9 Å². The number of carbonyl (C=O) groups is 2. The normalized spacial score (nSPS) is 19.4. The van der Waals surface area contributed by atoms with Gasteiger partial charge < -0.3 is 10.0 Å². The van der Waals surface area contributed by atoms with Crippen molar-refractivity contribution in [3.8, 4) is 0 Å². The number of carboxylic acid groups (broad SMARTS) is 1. The standard InChI is InChI=1S/C12H14N2O3/c1-8-4-5-13-9(7-8)11(15)14-6-2-3-10(14)12(16)17/h4-5,7,10H,2-3,6H2,1H3,(H,16,17)/t10-/m0/s1. The molecule has 1 amide bonds. The molecule has 1 aliphatic heterocycles. The zero-order valence-corrected chi connectivity index (χ0v) is 9.59. The molecule has 1 aromatic rings. The van der Waals surface area contributed by atoms with Gasteiger partial charge in [-0.3, -0.25) is 9.78 Å². The number of carbonyl (C=O) groups excluding carboxylic acids is 1. The van der Waals surface area contributed by atoms with Crippen LogP contribution in [-0.4, -0.2) is 39.5 Å². The predicted octanol–water partition coefficient (Wildman–Crippen LogP) is 1.08. The number of aromatic nitrogens is 1. The van der Waals surface area contributed by atoms with Gasteiger partial charge >= 0.3 is 5.97 Å². The number of pyridine rings is 1. The van der Waals surface area contributed by atoms with Crippen molar-refractivity contribution >= 4 is 11.9 Å². The van der Waals surface area contributed by atoms with Crippen LogP contribution in [0.3, 0.4) is 0 Å². The minimum Gasteiger partial charge on any atom is -0.480 e. The molecule has 0 aliphatic carbocycles. The van der Waals surface area contributed by atoms with E-state index in [0.29, 0.717) is 18.7 Å². The molecule has 5 heteroatoms. The minimum atomic E-state index is -0.941. The molecular formula is C12H14N2O3. The van der Waals surface area contributed by atoms with E-state index in [1.807, 2.05) is 6.92 Å². The van der Waals surface area contributed by atoms with Crippen LogP contribution in [0.5, 0.6) is 0 Å². The van der Waals surface area contributed by atoms with E-state index < -0.39 is 12.0 Å². The van der Waals surface area contributed by atoms with Crippen LogP contribution < -0.4 is 0 Å². The fourth-order valence-corrected chi connectivity index (χ4v) is 2.07. The van der Waals surface area contributed by atoms with Gasteiger partial charge in [-0.25, -0.2) is 4.79 Å². The quantitative estimate of drug-likeness (QED) is 0.831. The molecular weight excluding hydrogens is 220 g/mol. The summed E-state index contributed by atoms with van der Waals surface area (Å²) in [5.41, 5.74) is 1.26. The van der Waals surface area contributed by atoms with Crippen molar-refractivity contribution in [3.63, 3.8) is 0 Å². The molecule has 0 aromatic carbocycles. The zero-order valence-electron chi connectivity index (χ0n) is 9.59. The highest BCUT2D eigenvalue weighted by Gasteiger charge is 2.34. The van der Waals surface area contributed by atoms with Gasteiger partial charge in [0.05, 0.1) is 0 Å². The van der Waals surface area contributed by atoms with E-state index in [2.05, 4.69) is 4.98 Å². The van der Waals surface area contributed by atoms with E-state index in [4.69, 9.17) is 5.11 Å². The Morgan fingerprint density at radius 3 is 2.94 bits per heavy atom. The Morgan fingerprint density at radius 1 is 1.53 bits per heavy atom. The van der Waals surface area contributed by atoms with Crippen molar-refractivity contribution in [2.45, 2.75) is 25.8 Å². The number of rotatable bonds is 2. The van der Waals surface area contributed by atoms with Crippen LogP contribution >= 0.6 is 0 Å². The van der Waals surface area contributed by atoms with Gasteiger partial charge in [0.1, 0.15) is 11.7 Å². The average molecular weight is 234 g/mol. The molecule has 5 nitrogen and oxygen atoms in total. The summed E-state index contributed by atoms with van der Waals surface area (Å²) in [6.45, 7) is 2.36. The number of aryl methyl sites for hydroxylation is 1. The maximum Gasteiger partial charge on any atom is 0.326 e. The number of carboxylic acids is 1. The van der Waals surface area contributed by atoms with Gasteiger partial charge in [-0.1, -0.05) is 0 Å². The summed E-state index contributed by atoms with van der Waals surface area (Å²) in [5.74, 6) is -1.23. The van der Waals surface area contributed by atoms with Crippen LogP contribution in [0.25, 0.3) is 0 Å². The second-order valence-corrected chi connectivity index (χ2v) is 4.21. The lowest BCUT2D eigenvalue weighted by Crippen LogP contribution is -2.40. The highest BCUT2D eigenvalue weighted by Crippen LogP contribution is 2.19. The number of hydrogen-bond acceptors (Lipinski definition) is 3.